The fourth-order valence-corrected chi connectivity index (χ4v) is 1.92. The number of rotatable bonds is 3. The van der Waals surface area contributed by atoms with Gasteiger partial charge in [-0.25, -0.2) is 0 Å². The average Bonchev–Trinajstić information content (AvgIpc) is 2.32. The standard InChI is InChI=1S/C14H16ClN3/c1-10-7-14(17-16-11(10)2)18(3)9-12-5-4-6-13(15)8-12/h4-8H,9H2,1-3H3. The van der Waals surface area contributed by atoms with Crippen LogP contribution in [0, 0.1) is 13.8 Å². The predicted molar refractivity (Wildman–Crippen MR) is 75.1 cm³/mol. The second-order valence-corrected chi connectivity index (χ2v) is 4.89. The third-order valence-corrected chi connectivity index (χ3v) is 3.15. The van der Waals surface area contributed by atoms with Crippen molar-refractivity contribution in [2.75, 3.05) is 11.9 Å². The smallest absolute Gasteiger partial charge is 0.151 e. The largest absolute Gasteiger partial charge is 0.354 e. The van der Waals surface area contributed by atoms with Crippen molar-refractivity contribution in [3.8, 4) is 0 Å². The first-order chi connectivity index (χ1) is 8.56. The van der Waals surface area contributed by atoms with Gasteiger partial charge in [-0.15, -0.1) is 5.10 Å². The van der Waals surface area contributed by atoms with Crippen molar-refractivity contribution in [2.45, 2.75) is 20.4 Å². The van der Waals surface area contributed by atoms with E-state index in [4.69, 9.17) is 11.6 Å². The Hall–Kier alpha value is -1.61. The van der Waals surface area contributed by atoms with E-state index in [1.165, 1.54) is 0 Å². The summed E-state index contributed by atoms with van der Waals surface area (Å²) in [6.07, 6.45) is 0. The molecule has 0 unspecified atom stereocenters. The maximum Gasteiger partial charge on any atom is 0.151 e. The van der Waals surface area contributed by atoms with Crippen molar-refractivity contribution in [2.24, 2.45) is 0 Å². The molecule has 3 nitrogen and oxygen atoms in total. The topological polar surface area (TPSA) is 29.0 Å². The normalized spacial score (nSPS) is 10.4. The minimum absolute atomic E-state index is 0.757. The van der Waals surface area contributed by atoms with E-state index in [1.807, 2.05) is 45.2 Å². The van der Waals surface area contributed by atoms with Gasteiger partial charge in [0.2, 0.25) is 0 Å². The zero-order chi connectivity index (χ0) is 13.1. The van der Waals surface area contributed by atoms with Crippen LogP contribution in [0.1, 0.15) is 16.8 Å². The molecule has 2 aromatic rings. The summed E-state index contributed by atoms with van der Waals surface area (Å²) >= 11 is 5.97. The first kappa shape index (κ1) is 12.8. The van der Waals surface area contributed by atoms with Gasteiger partial charge < -0.3 is 4.90 Å². The van der Waals surface area contributed by atoms with Crippen LogP contribution in [0.4, 0.5) is 5.82 Å². The van der Waals surface area contributed by atoms with E-state index in [2.05, 4.69) is 21.2 Å². The summed E-state index contributed by atoms with van der Waals surface area (Å²) in [7, 11) is 2.00. The highest BCUT2D eigenvalue weighted by atomic mass is 35.5. The molecule has 0 amide bonds. The van der Waals surface area contributed by atoms with E-state index < -0.39 is 0 Å². The zero-order valence-electron chi connectivity index (χ0n) is 10.8. The third kappa shape index (κ3) is 2.99. The molecule has 1 heterocycles. The summed E-state index contributed by atoms with van der Waals surface area (Å²) in [5, 5.41) is 9.10. The second kappa shape index (κ2) is 5.36. The summed E-state index contributed by atoms with van der Waals surface area (Å²) in [6.45, 7) is 4.77. The molecule has 0 aliphatic heterocycles. The van der Waals surface area contributed by atoms with Gasteiger partial charge in [-0.3, -0.25) is 0 Å². The quantitative estimate of drug-likeness (QED) is 0.848. The van der Waals surface area contributed by atoms with Crippen LogP contribution in [-0.2, 0) is 6.54 Å². The minimum Gasteiger partial charge on any atom is -0.354 e. The number of anilines is 1. The van der Waals surface area contributed by atoms with Gasteiger partial charge in [0.1, 0.15) is 0 Å². The van der Waals surface area contributed by atoms with Gasteiger partial charge in [0.15, 0.2) is 5.82 Å². The third-order valence-electron chi connectivity index (χ3n) is 2.92. The molecule has 1 aromatic carbocycles. The number of aromatic nitrogens is 2. The maximum absolute atomic E-state index is 5.97. The highest BCUT2D eigenvalue weighted by Crippen LogP contribution is 2.16. The van der Waals surface area contributed by atoms with Crippen molar-refractivity contribution in [3.05, 3.63) is 52.2 Å². The Labute approximate surface area is 112 Å². The molecule has 18 heavy (non-hydrogen) atoms. The maximum atomic E-state index is 5.97. The van der Waals surface area contributed by atoms with Gasteiger partial charge in [-0.05, 0) is 43.2 Å². The lowest BCUT2D eigenvalue weighted by Gasteiger charge is -2.18. The number of aryl methyl sites for hydroxylation is 2. The van der Waals surface area contributed by atoms with Gasteiger partial charge in [-0.2, -0.15) is 5.10 Å². The fraction of sp³-hybridized carbons (Fsp3) is 0.286. The molecule has 1 aromatic heterocycles. The summed E-state index contributed by atoms with van der Waals surface area (Å²) in [4.78, 5) is 2.06. The van der Waals surface area contributed by atoms with Crippen LogP contribution in [-0.4, -0.2) is 17.2 Å². The molecule has 0 aliphatic rings. The summed E-state index contributed by atoms with van der Waals surface area (Å²) in [5.41, 5.74) is 3.28. The highest BCUT2D eigenvalue weighted by Gasteiger charge is 2.06. The molecule has 0 bridgehead atoms. The Morgan fingerprint density at radius 3 is 2.61 bits per heavy atom. The molecule has 2 rings (SSSR count). The van der Waals surface area contributed by atoms with Crippen LogP contribution in [0.3, 0.4) is 0 Å². The van der Waals surface area contributed by atoms with E-state index in [0.29, 0.717) is 0 Å². The van der Waals surface area contributed by atoms with Gasteiger partial charge in [0.05, 0.1) is 5.69 Å². The first-order valence-corrected chi connectivity index (χ1v) is 6.20. The van der Waals surface area contributed by atoms with E-state index in [-0.39, 0.29) is 0 Å². The van der Waals surface area contributed by atoms with Crippen LogP contribution in [0.15, 0.2) is 30.3 Å². The monoisotopic (exact) mass is 261 g/mol. The van der Waals surface area contributed by atoms with E-state index >= 15 is 0 Å². The highest BCUT2D eigenvalue weighted by molar-refractivity contribution is 6.30. The van der Waals surface area contributed by atoms with Crippen LogP contribution >= 0.6 is 11.6 Å². The Bertz CT molecular complexity index is 554. The molecule has 0 fully saturated rings. The Kier molecular flexibility index (Phi) is 3.82. The van der Waals surface area contributed by atoms with Crippen LogP contribution < -0.4 is 4.90 Å². The predicted octanol–water partition coefficient (Wildman–Crippen LogP) is 3.38. The molecule has 94 valence electrons. The molecule has 0 aliphatic carbocycles. The fourth-order valence-electron chi connectivity index (χ4n) is 1.71. The number of hydrogen-bond donors (Lipinski definition) is 0. The van der Waals surface area contributed by atoms with Crippen LogP contribution in [0.5, 0.6) is 0 Å². The van der Waals surface area contributed by atoms with Crippen molar-refractivity contribution in [3.63, 3.8) is 0 Å². The van der Waals surface area contributed by atoms with Crippen molar-refractivity contribution in [1.82, 2.24) is 10.2 Å². The summed E-state index contributed by atoms with van der Waals surface area (Å²) < 4.78 is 0. The Morgan fingerprint density at radius 1 is 1.17 bits per heavy atom. The van der Waals surface area contributed by atoms with E-state index in [0.717, 1.165) is 34.2 Å². The number of nitrogens with zero attached hydrogens (tertiary/aromatic N) is 3. The van der Waals surface area contributed by atoms with Crippen molar-refractivity contribution in [1.29, 1.82) is 0 Å². The van der Waals surface area contributed by atoms with Gasteiger partial charge in [0, 0.05) is 18.6 Å². The zero-order valence-corrected chi connectivity index (χ0v) is 11.6. The van der Waals surface area contributed by atoms with Crippen molar-refractivity contribution < 1.29 is 0 Å². The molecule has 0 radical (unpaired) electrons. The van der Waals surface area contributed by atoms with E-state index in [9.17, 15) is 0 Å². The molecule has 4 heteroatoms. The number of halogens is 1. The molecular formula is C14H16ClN3. The lowest BCUT2D eigenvalue weighted by Crippen LogP contribution is -2.18. The lowest BCUT2D eigenvalue weighted by atomic mass is 10.2. The molecule has 0 atom stereocenters. The second-order valence-electron chi connectivity index (χ2n) is 4.46. The lowest BCUT2D eigenvalue weighted by molar-refractivity contribution is 0.851. The molecular weight excluding hydrogens is 246 g/mol. The average molecular weight is 262 g/mol. The van der Waals surface area contributed by atoms with Crippen LogP contribution in [0.25, 0.3) is 0 Å². The molecule has 0 N–H and O–H groups in total. The minimum atomic E-state index is 0.757. The SMILES string of the molecule is Cc1cc(N(C)Cc2cccc(Cl)c2)nnc1C. The van der Waals surface area contributed by atoms with Crippen LogP contribution in [0.2, 0.25) is 5.02 Å². The Balaban J connectivity index is 2.16. The summed E-state index contributed by atoms with van der Waals surface area (Å²) in [6, 6.07) is 9.90. The van der Waals surface area contributed by atoms with Gasteiger partial charge >= 0.3 is 0 Å². The molecule has 0 saturated carbocycles. The van der Waals surface area contributed by atoms with E-state index in [1.54, 1.807) is 0 Å². The summed E-state index contributed by atoms with van der Waals surface area (Å²) in [5.74, 6) is 0.873. The number of hydrogen-bond acceptors (Lipinski definition) is 3. The van der Waals surface area contributed by atoms with Crippen molar-refractivity contribution >= 4 is 17.4 Å². The molecule has 0 saturated heterocycles. The molecule has 0 spiro atoms. The Morgan fingerprint density at radius 2 is 1.94 bits per heavy atom. The first-order valence-electron chi connectivity index (χ1n) is 5.83. The number of benzene rings is 1. The van der Waals surface area contributed by atoms with Gasteiger partial charge in [0.25, 0.3) is 0 Å². The van der Waals surface area contributed by atoms with Gasteiger partial charge in [-0.1, -0.05) is 23.7 Å².